The minimum atomic E-state index is -0.249. The zero-order valence-electron chi connectivity index (χ0n) is 12.3. The molecule has 1 nitrogen and oxygen atoms in total. The maximum absolute atomic E-state index is 14.0. The number of hydrogen-bond acceptors (Lipinski definition) is 1. The Labute approximate surface area is 126 Å². The molecule has 0 bridgehead atoms. The van der Waals surface area contributed by atoms with Crippen molar-refractivity contribution in [1.82, 2.24) is 5.32 Å². The van der Waals surface area contributed by atoms with E-state index in [-0.39, 0.29) is 10.8 Å². The van der Waals surface area contributed by atoms with Crippen molar-refractivity contribution in [2.24, 2.45) is 5.92 Å². The molecule has 0 spiro atoms. The highest BCUT2D eigenvalue weighted by atomic mass is 35.5. The predicted molar refractivity (Wildman–Crippen MR) is 83.8 cm³/mol. The molecule has 1 aliphatic carbocycles. The van der Waals surface area contributed by atoms with Crippen molar-refractivity contribution in [1.29, 1.82) is 0 Å². The number of likely N-dealkylation sites (N-methyl/N-ethyl adjacent to an activating group) is 1. The van der Waals surface area contributed by atoms with E-state index in [1.54, 1.807) is 6.07 Å². The summed E-state index contributed by atoms with van der Waals surface area (Å²) in [5.74, 6) is 0.552. The predicted octanol–water partition coefficient (Wildman–Crippen LogP) is 4.97. The van der Waals surface area contributed by atoms with Crippen molar-refractivity contribution in [3.63, 3.8) is 0 Å². The Balaban J connectivity index is 1.98. The molecule has 1 aliphatic rings. The first-order chi connectivity index (χ1) is 9.70. The van der Waals surface area contributed by atoms with Gasteiger partial charge in [0.1, 0.15) is 5.82 Å². The Morgan fingerprint density at radius 3 is 2.75 bits per heavy atom. The summed E-state index contributed by atoms with van der Waals surface area (Å²) in [6.07, 6.45) is 8.64. The highest BCUT2D eigenvalue weighted by Crippen LogP contribution is 2.28. The fourth-order valence-electron chi connectivity index (χ4n) is 3.32. The van der Waals surface area contributed by atoms with E-state index in [4.69, 9.17) is 11.6 Å². The maximum atomic E-state index is 14.0. The summed E-state index contributed by atoms with van der Waals surface area (Å²) in [7, 11) is 0. The van der Waals surface area contributed by atoms with Crippen molar-refractivity contribution < 1.29 is 4.39 Å². The van der Waals surface area contributed by atoms with E-state index < -0.39 is 0 Å². The lowest BCUT2D eigenvalue weighted by atomic mass is 9.83. The topological polar surface area (TPSA) is 12.0 Å². The molecule has 3 heteroatoms. The van der Waals surface area contributed by atoms with Gasteiger partial charge >= 0.3 is 0 Å². The minimum absolute atomic E-state index is 0.232. The average molecular weight is 298 g/mol. The average Bonchev–Trinajstić information content (AvgIpc) is 2.45. The van der Waals surface area contributed by atoms with Crippen LogP contribution in [0, 0.1) is 11.7 Å². The summed E-state index contributed by atoms with van der Waals surface area (Å²) in [6, 6.07) is 5.66. The van der Waals surface area contributed by atoms with Crippen LogP contribution in [0.1, 0.15) is 51.0 Å². The minimum Gasteiger partial charge on any atom is -0.314 e. The zero-order valence-corrected chi connectivity index (χ0v) is 13.1. The molecule has 0 aromatic heterocycles. The molecule has 1 saturated carbocycles. The molecule has 0 saturated heterocycles. The summed E-state index contributed by atoms with van der Waals surface area (Å²) in [4.78, 5) is 0. The van der Waals surface area contributed by atoms with Gasteiger partial charge in [-0.25, -0.2) is 4.39 Å². The van der Waals surface area contributed by atoms with Gasteiger partial charge in [0.2, 0.25) is 0 Å². The van der Waals surface area contributed by atoms with E-state index in [1.165, 1.54) is 32.1 Å². The summed E-state index contributed by atoms with van der Waals surface area (Å²) < 4.78 is 14.0. The SMILES string of the molecule is CCNC(Cc1cccc(Cl)c1F)CC1CCCCC1. The van der Waals surface area contributed by atoms with Crippen LogP contribution in [0.2, 0.25) is 5.02 Å². The molecule has 112 valence electrons. The van der Waals surface area contributed by atoms with Gasteiger partial charge in [0.25, 0.3) is 0 Å². The van der Waals surface area contributed by atoms with Crippen LogP contribution in [0.15, 0.2) is 18.2 Å². The van der Waals surface area contributed by atoms with Crippen LogP contribution in [0.25, 0.3) is 0 Å². The Bertz CT molecular complexity index is 415. The van der Waals surface area contributed by atoms with Crippen LogP contribution >= 0.6 is 11.6 Å². The van der Waals surface area contributed by atoms with Gasteiger partial charge in [0.15, 0.2) is 0 Å². The van der Waals surface area contributed by atoms with Gasteiger partial charge in [0, 0.05) is 6.04 Å². The first kappa shape index (κ1) is 15.8. The fraction of sp³-hybridized carbons (Fsp3) is 0.647. The van der Waals surface area contributed by atoms with Gasteiger partial charge in [-0.15, -0.1) is 0 Å². The van der Waals surface area contributed by atoms with E-state index in [2.05, 4.69) is 12.2 Å². The van der Waals surface area contributed by atoms with Gasteiger partial charge in [-0.2, -0.15) is 0 Å². The quantitative estimate of drug-likeness (QED) is 0.781. The van der Waals surface area contributed by atoms with E-state index >= 15 is 0 Å². The maximum Gasteiger partial charge on any atom is 0.145 e. The number of halogens is 2. The van der Waals surface area contributed by atoms with Crippen molar-refractivity contribution in [2.75, 3.05) is 6.54 Å². The van der Waals surface area contributed by atoms with Crippen LogP contribution in [0.4, 0.5) is 4.39 Å². The number of hydrogen-bond donors (Lipinski definition) is 1. The van der Waals surface area contributed by atoms with E-state index in [1.807, 2.05) is 12.1 Å². The third-order valence-corrected chi connectivity index (χ3v) is 4.63. The summed E-state index contributed by atoms with van der Waals surface area (Å²) in [5, 5.41) is 3.75. The lowest BCUT2D eigenvalue weighted by molar-refractivity contribution is 0.297. The molecule has 1 unspecified atom stereocenters. The highest BCUT2D eigenvalue weighted by molar-refractivity contribution is 6.30. The lowest BCUT2D eigenvalue weighted by Gasteiger charge is -2.27. The van der Waals surface area contributed by atoms with Crippen molar-refractivity contribution in [2.45, 2.75) is 57.9 Å². The van der Waals surface area contributed by atoms with Crippen molar-refractivity contribution in [3.05, 3.63) is 34.6 Å². The second kappa shape index (κ2) is 7.99. The highest BCUT2D eigenvalue weighted by Gasteiger charge is 2.20. The number of benzene rings is 1. The molecule has 1 fully saturated rings. The number of nitrogens with one attached hydrogen (secondary N) is 1. The molecule has 0 radical (unpaired) electrons. The van der Waals surface area contributed by atoms with E-state index in [0.717, 1.165) is 30.9 Å². The summed E-state index contributed by atoms with van der Waals surface area (Å²) >= 11 is 5.87. The molecule has 1 aromatic carbocycles. The largest absolute Gasteiger partial charge is 0.314 e. The van der Waals surface area contributed by atoms with Gasteiger partial charge in [0.05, 0.1) is 5.02 Å². The molecule has 20 heavy (non-hydrogen) atoms. The molecule has 0 heterocycles. The van der Waals surface area contributed by atoms with E-state index in [0.29, 0.717) is 6.04 Å². The monoisotopic (exact) mass is 297 g/mol. The first-order valence-electron chi connectivity index (χ1n) is 7.87. The molecular weight excluding hydrogens is 273 g/mol. The standard InChI is InChI=1S/C17H25ClFN/c1-2-20-15(11-13-7-4-3-5-8-13)12-14-9-6-10-16(18)17(14)19/h6,9-10,13,15,20H,2-5,7-8,11-12H2,1H3. The Morgan fingerprint density at radius 1 is 1.30 bits per heavy atom. The third-order valence-electron chi connectivity index (χ3n) is 4.33. The Hall–Kier alpha value is -0.600. The molecule has 0 amide bonds. The van der Waals surface area contributed by atoms with Crippen LogP contribution in [-0.4, -0.2) is 12.6 Å². The van der Waals surface area contributed by atoms with Crippen molar-refractivity contribution in [3.8, 4) is 0 Å². The van der Waals surface area contributed by atoms with Crippen LogP contribution in [0.5, 0.6) is 0 Å². The van der Waals surface area contributed by atoms with Gasteiger partial charge in [-0.1, -0.05) is 62.8 Å². The molecular formula is C17H25ClFN. The van der Waals surface area contributed by atoms with Gasteiger partial charge in [-0.05, 0) is 36.9 Å². The molecule has 2 rings (SSSR count). The third kappa shape index (κ3) is 4.46. The lowest BCUT2D eigenvalue weighted by Crippen LogP contribution is -2.33. The normalized spacial score (nSPS) is 18.1. The smallest absolute Gasteiger partial charge is 0.145 e. The second-order valence-electron chi connectivity index (χ2n) is 5.91. The summed E-state index contributed by atoms with van der Waals surface area (Å²) in [5.41, 5.74) is 0.735. The summed E-state index contributed by atoms with van der Waals surface area (Å²) in [6.45, 7) is 3.04. The van der Waals surface area contributed by atoms with Gasteiger partial charge < -0.3 is 5.32 Å². The van der Waals surface area contributed by atoms with Crippen LogP contribution in [0.3, 0.4) is 0 Å². The fourth-order valence-corrected chi connectivity index (χ4v) is 3.52. The Kier molecular flexibility index (Phi) is 6.31. The van der Waals surface area contributed by atoms with Crippen LogP contribution in [-0.2, 0) is 6.42 Å². The van der Waals surface area contributed by atoms with Gasteiger partial charge in [-0.3, -0.25) is 0 Å². The van der Waals surface area contributed by atoms with Crippen molar-refractivity contribution >= 4 is 11.6 Å². The molecule has 1 N–H and O–H groups in total. The first-order valence-corrected chi connectivity index (χ1v) is 8.24. The molecule has 0 aliphatic heterocycles. The second-order valence-corrected chi connectivity index (χ2v) is 6.32. The molecule has 1 aromatic rings. The van der Waals surface area contributed by atoms with Crippen LogP contribution < -0.4 is 5.32 Å². The number of rotatable bonds is 6. The van der Waals surface area contributed by atoms with E-state index in [9.17, 15) is 4.39 Å². The molecule has 1 atom stereocenters. The zero-order chi connectivity index (χ0) is 14.4. The Morgan fingerprint density at radius 2 is 2.05 bits per heavy atom.